The van der Waals surface area contributed by atoms with Gasteiger partial charge in [-0.1, -0.05) is 54.8 Å². The van der Waals surface area contributed by atoms with Crippen LogP contribution in [0.2, 0.25) is 5.02 Å². The van der Waals surface area contributed by atoms with E-state index in [4.69, 9.17) is 17.3 Å². The first-order valence-electron chi connectivity index (χ1n) is 15.2. The van der Waals surface area contributed by atoms with Gasteiger partial charge in [0.15, 0.2) is 0 Å². The standard InChI is InChI=1S/C34H36ClFN6O3/c35-26-9-11-30(39-20-26)41-32(44)42-21-33(45,23-4-2-1-3-5-23)19-29(42)31(43)40-28-18-25(8-10-27(28)36)34(37,15-12-22-6-7-22)24-13-16-38-17-14-24/h1-4,8-11,13-14,16-18,20,22-23,29,45H,5-7,12,15,19,21,37H2,(H,40,43)(H,39,41,44)/t23?,29-,33-,34?/m1/s1. The Morgan fingerprint density at radius 1 is 1.11 bits per heavy atom. The number of nitrogens with two attached hydrogens (primary N) is 1. The summed E-state index contributed by atoms with van der Waals surface area (Å²) in [6, 6.07) is 9.63. The number of likely N-dealkylation sites (tertiary alicyclic amines) is 1. The third-order valence-corrected chi connectivity index (χ3v) is 9.37. The second kappa shape index (κ2) is 12.7. The molecule has 2 aromatic heterocycles. The van der Waals surface area contributed by atoms with E-state index < -0.39 is 34.9 Å². The van der Waals surface area contributed by atoms with Gasteiger partial charge in [-0.05, 0) is 72.7 Å². The number of carbonyl (C=O) groups is 2. The van der Waals surface area contributed by atoms with Crippen LogP contribution in [-0.4, -0.2) is 50.1 Å². The van der Waals surface area contributed by atoms with E-state index in [-0.39, 0.29) is 30.4 Å². The number of nitrogens with one attached hydrogen (secondary N) is 2. The van der Waals surface area contributed by atoms with Gasteiger partial charge >= 0.3 is 6.03 Å². The van der Waals surface area contributed by atoms with Gasteiger partial charge in [0.25, 0.3) is 0 Å². The molecular formula is C34H36ClFN6O3. The molecule has 3 amide bonds. The van der Waals surface area contributed by atoms with E-state index in [0.29, 0.717) is 29.3 Å². The number of urea groups is 1. The van der Waals surface area contributed by atoms with Crippen molar-refractivity contribution in [2.75, 3.05) is 17.2 Å². The number of pyridine rings is 2. The van der Waals surface area contributed by atoms with Crippen molar-refractivity contribution < 1.29 is 19.1 Å². The highest BCUT2D eigenvalue weighted by atomic mass is 35.5. The summed E-state index contributed by atoms with van der Waals surface area (Å²) >= 11 is 5.94. The molecule has 0 spiro atoms. The minimum atomic E-state index is -1.38. The van der Waals surface area contributed by atoms with E-state index in [1.54, 1.807) is 30.6 Å². The van der Waals surface area contributed by atoms with Crippen LogP contribution < -0.4 is 16.4 Å². The molecule has 234 valence electrons. The molecule has 3 aromatic rings. The normalized spacial score (nSPS) is 23.9. The zero-order chi connectivity index (χ0) is 31.6. The quantitative estimate of drug-likeness (QED) is 0.237. The molecule has 6 rings (SSSR count). The fraction of sp³-hybridized carbons (Fsp3) is 0.353. The van der Waals surface area contributed by atoms with Crippen LogP contribution in [0.25, 0.3) is 0 Å². The van der Waals surface area contributed by atoms with Crippen molar-refractivity contribution in [3.63, 3.8) is 0 Å². The molecule has 9 nitrogen and oxygen atoms in total. The van der Waals surface area contributed by atoms with Gasteiger partial charge in [-0.15, -0.1) is 0 Å². The number of halogens is 2. The number of anilines is 2. The van der Waals surface area contributed by atoms with Crippen LogP contribution in [0.3, 0.4) is 0 Å². The Labute approximate surface area is 266 Å². The number of β-amino-alcohol motifs (C(OH)–C–C–N with tert-alkyl or cyclic N) is 1. The first-order chi connectivity index (χ1) is 21.6. The number of aliphatic hydroxyl groups is 1. The van der Waals surface area contributed by atoms with E-state index in [2.05, 4.69) is 20.6 Å². The van der Waals surface area contributed by atoms with E-state index in [1.807, 2.05) is 36.4 Å². The number of carbonyl (C=O) groups excluding carboxylic acids is 2. The van der Waals surface area contributed by atoms with Crippen molar-refractivity contribution in [2.45, 2.75) is 55.7 Å². The molecule has 1 saturated carbocycles. The highest BCUT2D eigenvalue weighted by molar-refractivity contribution is 6.30. The Kier molecular flexibility index (Phi) is 8.72. The molecule has 45 heavy (non-hydrogen) atoms. The summed E-state index contributed by atoms with van der Waals surface area (Å²) < 4.78 is 15.3. The van der Waals surface area contributed by atoms with E-state index in [1.165, 1.54) is 36.1 Å². The average Bonchev–Trinajstić information content (AvgIpc) is 3.82. The van der Waals surface area contributed by atoms with E-state index >= 15 is 4.39 Å². The zero-order valence-electron chi connectivity index (χ0n) is 24.7. The minimum absolute atomic E-state index is 0.0380. The molecule has 1 saturated heterocycles. The molecule has 1 aliphatic heterocycles. The number of rotatable bonds is 9. The summed E-state index contributed by atoms with van der Waals surface area (Å²) in [6.07, 6.45) is 16.7. The first kappa shape index (κ1) is 30.9. The van der Waals surface area contributed by atoms with Crippen molar-refractivity contribution >= 4 is 35.0 Å². The maximum atomic E-state index is 15.3. The lowest BCUT2D eigenvalue weighted by Crippen LogP contribution is -2.46. The molecule has 3 aliphatic rings. The maximum absolute atomic E-state index is 15.3. The van der Waals surface area contributed by atoms with Crippen LogP contribution in [0.15, 0.2) is 85.4 Å². The van der Waals surface area contributed by atoms with Gasteiger partial charge in [0.1, 0.15) is 17.7 Å². The van der Waals surface area contributed by atoms with Gasteiger partial charge in [0, 0.05) is 30.9 Å². The molecule has 4 atom stereocenters. The number of nitrogens with zero attached hydrogens (tertiary/aromatic N) is 3. The molecule has 5 N–H and O–H groups in total. The summed E-state index contributed by atoms with van der Waals surface area (Å²) in [5.41, 5.74) is 6.20. The maximum Gasteiger partial charge on any atom is 0.323 e. The Morgan fingerprint density at radius 3 is 2.60 bits per heavy atom. The largest absolute Gasteiger partial charge is 0.387 e. The van der Waals surface area contributed by atoms with Crippen LogP contribution in [0.4, 0.5) is 20.7 Å². The van der Waals surface area contributed by atoms with Crippen LogP contribution in [0, 0.1) is 17.7 Å². The molecule has 0 radical (unpaired) electrons. The molecule has 2 fully saturated rings. The van der Waals surface area contributed by atoms with Gasteiger partial charge in [-0.25, -0.2) is 14.2 Å². The molecule has 1 aromatic carbocycles. The Bertz CT molecular complexity index is 1620. The second-order valence-electron chi connectivity index (χ2n) is 12.3. The molecule has 2 unspecified atom stereocenters. The fourth-order valence-corrected chi connectivity index (χ4v) is 6.41. The van der Waals surface area contributed by atoms with Gasteiger partial charge < -0.3 is 21.1 Å². The summed E-state index contributed by atoms with van der Waals surface area (Å²) in [7, 11) is 0. The summed E-state index contributed by atoms with van der Waals surface area (Å²) in [5, 5.41) is 17.5. The lowest BCUT2D eigenvalue weighted by molar-refractivity contribution is -0.119. The third kappa shape index (κ3) is 6.78. The molecule has 0 bridgehead atoms. The number of amides is 3. The van der Waals surface area contributed by atoms with Crippen LogP contribution in [-0.2, 0) is 10.3 Å². The highest BCUT2D eigenvalue weighted by Gasteiger charge is 2.51. The molecule has 2 aliphatic carbocycles. The average molecular weight is 631 g/mol. The van der Waals surface area contributed by atoms with Crippen LogP contribution in [0.1, 0.15) is 49.7 Å². The monoisotopic (exact) mass is 630 g/mol. The fourth-order valence-electron chi connectivity index (χ4n) is 6.30. The predicted molar refractivity (Wildman–Crippen MR) is 171 cm³/mol. The zero-order valence-corrected chi connectivity index (χ0v) is 25.5. The van der Waals surface area contributed by atoms with Gasteiger partial charge in [0.2, 0.25) is 5.91 Å². The Morgan fingerprint density at radius 2 is 1.91 bits per heavy atom. The van der Waals surface area contributed by atoms with Crippen LogP contribution in [0.5, 0.6) is 0 Å². The first-order valence-corrected chi connectivity index (χ1v) is 15.6. The van der Waals surface area contributed by atoms with Gasteiger partial charge in [0.05, 0.1) is 28.4 Å². The number of hydrogen-bond acceptors (Lipinski definition) is 6. The lowest BCUT2D eigenvalue weighted by atomic mass is 9.79. The predicted octanol–water partition coefficient (Wildman–Crippen LogP) is 5.77. The second-order valence-corrected chi connectivity index (χ2v) is 12.7. The van der Waals surface area contributed by atoms with Crippen molar-refractivity contribution in [2.24, 2.45) is 17.6 Å². The summed E-state index contributed by atoms with van der Waals surface area (Å²) in [5.74, 6) is -0.707. The van der Waals surface area contributed by atoms with Crippen molar-refractivity contribution in [3.8, 4) is 0 Å². The Hall–Kier alpha value is -4.12. The number of aromatic nitrogens is 2. The third-order valence-electron chi connectivity index (χ3n) is 9.14. The molecule has 11 heteroatoms. The molecule has 3 heterocycles. The number of benzene rings is 1. The smallest absolute Gasteiger partial charge is 0.323 e. The SMILES string of the molecule is NC(CCC1CC1)(c1ccncc1)c1ccc(F)c(NC(=O)[C@H]2C[C@](O)(C3C=CC=CC3)CN2C(=O)Nc2ccc(Cl)cn2)c1. The van der Waals surface area contributed by atoms with Crippen molar-refractivity contribution in [1.29, 1.82) is 0 Å². The van der Waals surface area contributed by atoms with E-state index in [9.17, 15) is 14.7 Å². The number of allylic oxidation sites excluding steroid dienone is 3. The van der Waals surface area contributed by atoms with Gasteiger partial charge in [-0.2, -0.15) is 0 Å². The minimum Gasteiger partial charge on any atom is -0.387 e. The Balaban J connectivity index is 1.27. The number of hydrogen-bond donors (Lipinski definition) is 4. The van der Waals surface area contributed by atoms with Gasteiger partial charge in [-0.3, -0.25) is 15.1 Å². The van der Waals surface area contributed by atoms with Crippen molar-refractivity contribution in [3.05, 3.63) is 107 Å². The van der Waals surface area contributed by atoms with Crippen molar-refractivity contribution in [1.82, 2.24) is 14.9 Å². The lowest BCUT2D eigenvalue weighted by Gasteiger charge is -2.31. The summed E-state index contributed by atoms with van der Waals surface area (Å²) in [4.78, 5) is 36.9. The topological polar surface area (TPSA) is 133 Å². The van der Waals surface area contributed by atoms with Crippen LogP contribution >= 0.6 is 11.6 Å². The summed E-state index contributed by atoms with van der Waals surface area (Å²) in [6.45, 7) is -0.106. The highest BCUT2D eigenvalue weighted by Crippen LogP contribution is 2.41. The molecular weight excluding hydrogens is 595 g/mol. The van der Waals surface area contributed by atoms with E-state index in [0.717, 1.165) is 12.0 Å².